The molecule has 1 aromatic rings. The van der Waals surface area contributed by atoms with Gasteiger partial charge in [-0.05, 0) is 0 Å². The molecule has 0 aliphatic carbocycles. The van der Waals surface area contributed by atoms with Crippen molar-refractivity contribution in [3.05, 3.63) is 10.7 Å². The Balaban J connectivity index is 0.00000121. The monoisotopic (exact) mass is 211 g/mol. The zero-order valence-electron chi connectivity index (χ0n) is 6.11. The van der Waals surface area contributed by atoms with Gasteiger partial charge < -0.3 is 10.8 Å². The van der Waals surface area contributed by atoms with Gasteiger partial charge in [0.15, 0.2) is 5.69 Å². The van der Waals surface area contributed by atoms with Crippen LogP contribution in [0.5, 0.6) is 0 Å². The lowest BCUT2D eigenvalue weighted by Crippen LogP contribution is -2.00. The second-order valence-corrected chi connectivity index (χ2v) is 2.35. The molecule has 0 saturated carbocycles. The summed E-state index contributed by atoms with van der Waals surface area (Å²) in [7, 11) is 1.52. The molecule has 5 nitrogen and oxygen atoms in total. The van der Waals surface area contributed by atoms with Crippen molar-refractivity contribution >= 4 is 35.8 Å². The summed E-state index contributed by atoms with van der Waals surface area (Å²) in [4.78, 5) is 10.4. The molecular formula is C5H7Cl2N3O2. The van der Waals surface area contributed by atoms with Crippen molar-refractivity contribution in [2.24, 2.45) is 7.05 Å². The van der Waals surface area contributed by atoms with Gasteiger partial charge in [0, 0.05) is 7.05 Å². The quantitative estimate of drug-likeness (QED) is 0.720. The summed E-state index contributed by atoms with van der Waals surface area (Å²) in [5.41, 5.74) is 5.13. The lowest BCUT2D eigenvalue weighted by molar-refractivity contribution is 0.0690. The molecule has 0 atom stereocenters. The number of rotatable bonds is 1. The highest BCUT2D eigenvalue weighted by molar-refractivity contribution is 6.35. The second kappa shape index (κ2) is 3.64. The van der Waals surface area contributed by atoms with Crippen molar-refractivity contribution in [3.63, 3.8) is 0 Å². The largest absolute Gasteiger partial charge is 0.476 e. The van der Waals surface area contributed by atoms with Crippen LogP contribution in [0.15, 0.2) is 0 Å². The number of halogens is 2. The fraction of sp³-hybridized carbons (Fsp3) is 0.200. The molecule has 1 heterocycles. The first kappa shape index (κ1) is 11.1. The Bertz CT molecular complexity index is 310. The van der Waals surface area contributed by atoms with Crippen LogP contribution in [0.2, 0.25) is 5.02 Å². The first-order valence-electron chi connectivity index (χ1n) is 2.75. The lowest BCUT2D eigenvalue weighted by Gasteiger charge is -1.89. The van der Waals surface area contributed by atoms with E-state index >= 15 is 0 Å². The molecule has 0 bridgehead atoms. The van der Waals surface area contributed by atoms with Crippen molar-refractivity contribution in [1.29, 1.82) is 0 Å². The summed E-state index contributed by atoms with van der Waals surface area (Å²) < 4.78 is 1.21. The molecule has 1 rings (SSSR count). The van der Waals surface area contributed by atoms with Crippen molar-refractivity contribution in [3.8, 4) is 0 Å². The Kier molecular flexibility index (Phi) is 3.36. The van der Waals surface area contributed by atoms with Crippen LogP contribution >= 0.6 is 24.0 Å². The maximum Gasteiger partial charge on any atom is 0.358 e. The molecule has 0 aromatic carbocycles. The lowest BCUT2D eigenvalue weighted by atomic mass is 10.4. The van der Waals surface area contributed by atoms with E-state index in [1.165, 1.54) is 11.7 Å². The van der Waals surface area contributed by atoms with Crippen molar-refractivity contribution in [2.75, 3.05) is 5.73 Å². The van der Waals surface area contributed by atoms with Crippen LogP contribution in [-0.4, -0.2) is 20.9 Å². The minimum absolute atomic E-state index is 0. The molecule has 1 aromatic heterocycles. The minimum Gasteiger partial charge on any atom is -0.476 e. The fourth-order valence-corrected chi connectivity index (χ4v) is 0.889. The summed E-state index contributed by atoms with van der Waals surface area (Å²) in [5.74, 6) is -1.02. The molecule has 0 aliphatic heterocycles. The Morgan fingerprint density at radius 2 is 2.25 bits per heavy atom. The molecule has 0 aliphatic rings. The number of aromatic nitrogens is 2. The number of aryl methyl sites for hydroxylation is 1. The predicted octanol–water partition coefficient (Wildman–Crippen LogP) is 0.776. The highest BCUT2D eigenvalue weighted by Gasteiger charge is 2.16. The number of nitrogens with zero attached hydrogens (tertiary/aromatic N) is 2. The second-order valence-electron chi connectivity index (χ2n) is 1.98. The molecule has 0 radical (unpaired) electrons. The van der Waals surface area contributed by atoms with E-state index in [1.807, 2.05) is 0 Å². The van der Waals surface area contributed by atoms with Crippen LogP contribution in [0.3, 0.4) is 0 Å². The van der Waals surface area contributed by atoms with Crippen LogP contribution in [0.25, 0.3) is 0 Å². The number of hydrogen-bond acceptors (Lipinski definition) is 3. The zero-order chi connectivity index (χ0) is 8.59. The van der Waals surface area contributed by atoms with E-state index in [2.05, 4.69) is 5.10 Å². The topological polar surface area (TPSA) is 81.1 Å². The third kappa shape index (κ3) is 1.62. The van der Waals surface area contributed by atoms with E-state index in [9.17, 15) is 4.79 Å². The maximum absolute atomic E-state index is 10.4. The first-order chi connectivity index (χ1) is 5.04. The molecule has 0 saturated heterocycles. The number of hydrogen-bond donors (Lipinski definition) is 2. The Morgan fingerprint density at radius 3 is 2.42 bits per heavy atom. The van der Waals surface area contributed by atoms with Gasteiger partial charge in [0.25, 0.3) is 0 Å². The van der Waals surface area contributed by atoms with Gasteiger partial charge >= 0.3 is 5.97 Å². The van der Waals surface area contributed by atoms with E-state index in [1.54, 1.807) is 0 Å². The highest BCUT2D eigenvalue weighted by atomic mass is 35.5. The molecule has 3 N–H and O–H groups in total. The number of carbonyl (C=O) groups is 1. The van der Waals surface area contributed by atoms with Gasteiger partial charge in [-0.1, -0.05) is 11.6 Å². The Morgan fingerprint density at radius 1 is 1.75 bits per heavy atom. The van der Waals surface area contributed by atoms with E-state index in [0.29, 0.717) is 0 Å². The number of carboxylic acid groups (broad SMARTS) is 1. The number of anilines is 1. The molecular weight excluding hydrogens is 205 g/mol. The van der Waals surface area contributed by atoms with Gasteiger partial charge in [-0.25, -0.2) is 4.79 Å². The molecule has 0 unspecified atom stereocenters. The average molecular weight is 212 g/mol. The number of carboxylic acids is 1. The van der Waals surface area contributed by atoms with Crippen molar-refractivity contribution < 1.29 is 9.90 Å². The number of aromatic carboxylic acids is 1. The van der Waals surface area contributed by atoms with Gasteiger partial charge in [0.05, 0.1) is 0 Å². The van der Waals surface area contributed by atoms with Crippen LogP contribution in [-0.2, 0) is 7.05 Å². The van der Waals surface area contributed by atoms with Crippen molar-refractivity contribution in [1.82, 2.24) is 9.78 Å². The van der Waals surface area contributed by atoms with E-state index in [4.69, 9.17) is 22.4 Å². The molecule has 0 amide bonds. The van der Waals surface area contributed by atoms with Crippen LogP contribution in [0.4, 0.5) is 5.82 Å². The Labute approximate surface area is 79.5 Å². The number of nitrogen functional groups attached to an aromatic ring is 1. The van der Waals surface area contributed by atoms with Gasteiger partial charge in [-0.3, -0.25) is 4.68 Å². The Hall–Kier alpha value is -0.940. The minimum atomic E-state index is -1.18. The standard InChI is InChI=1S/C5H6ClN3O2.ClH/c1-9-4(7)2(6)3(8-9)5(10)11;/h7H2,1H3,(H,10,11);1H. The molecule has 7 heteroatoms. The third-order valence-corrected chi connectivity index (χ3v) is 1.61. The van der Waals surface area contributed by atoms with Gasteiger partial charge in [-0.15, -0.1) is 12.4 Å². The first-order valence-corrected chi connectivity index (χ1v) is 3.13. The van der Waals surface area contributed by atoms with Gasteiger partial charge in [0.2, 0.25) is 0 Å². The molecule has 0 spiro atoms. The van der Waals surface area contributed by atoms with Crippen LogP contribution in [0.1, 0.15) is 10.5 Å². The summed E-state index contributed by atoms with van der Waals surface area (Å²) in [6, 6.07) is 0. The third-order valence-electron chi connectivity index (χ3n) is 1.23. The maximum atomic E-state index is 10.4. The highest BCUT2D eigenvalue weighted by Crippen LogP contribution is 2.21. The summed E-state index contributed by atoms with van der Waals surface area (Å²) in [6.07, 6.45) is 0. The normalized spacial score (nSPS) is 9.17. The van der Waals surface area contributed by atoms with E-state index in [-0.39, 0.29) is 28.9 Å². The fourth-order valence-electron chi connectivity index (χ4n) is 0.648. The van der Waals surface area contributed by atoms with Crippen molar-refractivity contribution in [2.45, 2.75) is 0 Å². The molecule has 0 fully saturated rings. The summed E-state index contributed by atoms with van der Waals surface area (Å²) >= 11 is 5.52. The predicted molar refractivity (Wildman–Crippen MR) is 46.8 cm³/mol. The van der Waals surface area contributed by atoms with E-state index in [0.717, 1.165) is 0 Å². The molecule has 12 heavy (non-hydrogen) atoms. The summed E-state index contributed by atoms with van der Waals surface area (Å²) in [5, 5.41) is 12.0. The SMILES string of the molecule is Cl.Cn1nc(C(=O)O)c(Cl)c1N. The molecule has 68 valence electrons. The van der Waals surface area contributed by atoms with E-state index < -0.39 is 5.97 Å². The zero-order valence-corrected chi connectivity index (χ0v) is 7.69. The summed E-state index contributed by atoms with van der Waals surface area (Å²) in [6.45, 7) is 0. The van der Waals surface area contributed by atoms with Gasteiger partial charge in [0.1, 0.15) is 10.8 Å². The average Bonchev–Trinajstić information content (AvgIpc) is 2.17. The smallest absolute Gasteiger partial charge is 0.358 e. The van der Waals surface area contributed by atoms with Crippen LogP contribution in [0, 0.1) is 0 Å². The van der Waals surface area contributed by atoms with Crippen LogP contribution < -0.4 is 5.73 Å². The number of nitrogens with two attached hydrogens (primary N) is 1. The van der Waals surface area contributed by atoms with Gasteiger partial charge in [-0.2, -0.15) is 5.10 Å².